The summed E-state index contributed by atoms with van der Waals surface area (Å²) in [4.78, 5) is 40.2. The zero-order chi connectivity index (χ0) is 20.8. The molecule has 0 bridgehead atoms. The van der Waals surface area contributed by atoms with Gasteiger partial charge in [-0.1, -0.05) is 48.5 Å². The van der Waals surface area contributed by atoms with Crippen LogP contribution >= 0.6 is 0 Å². The fourth-order valence-electron chi connectivity index (χ4n) is 4.86. The number of carbonyl (C=O) groups is 3. The van der Waals surface area contributed by atoms with Crippen LogP contribution in [0.3, 0.4) is 0 Å². The summed E-state index contributed by atoms with van der Waals surface area (Å²) in [5.74, 6) is -0.760. The van der Waals surface area contributed by atoms with Gasteiger partial charge in [0.15, 0.2) is 0 Å². The van der Waals surface area contributed by atoms with Crippen LogP contribution < -0.4 is 5.32 Å². The van der Waals surface area contributed by atoms with Gasteiger partial charge in [-0.3, -0.25) is 9.59 Å². The lowest BCUT2D eigenvalue weighted by Gasteiger charge is -2.20. The van der Waals surface area contributed by atoms with Gasteiger partial charge in [-0.25, -0.2) is 4.79 Å². The minimum Gasteiger partial charge on any atom is -0.448 e. The summed E-state index contributed by atoms with van der Waals surface area (Å²) >= 11 is 0. The van der Waals surface area contributed by atoms with Crippen molar-refractivity contribution in [3.05, 3.63) is 59.7 Å². The molecular formula is C23H23N3O4. The first-order valence-corrected chi connectivity index (χ1v) is 10.2. The van der Waals surface area contributed by atoms with Gasteiger partial charge >= 0.3 is 6.09 Å². The van der Waals surface area contributed by atoms with E-state index in [1.807, 2.05) is 24.3 Å². The molecule has 3 amide bonds. The normalized spacial score (nSPS) is 22.8. The Morgan fingerprint density at radius 3 is 2.33 bits per heavy atom. The first kappa shape index (κ1) is 18.7. The van der Waals surface area contributed by atoms with Crippen molar-refractivity contribution in [2.75, 3.05) is 33.3 Å². The second-order valence-electron chi connectivity index (χ2n) is 8.18. The van der Waals surface area contributed by atoms with Crippen molar-refractivity contribution in [2.24, 2.45) is 5.92 Å². The van der Waals surface area contributed by atoms with Gasteiger partial charge < -0.3 is 19.9 Å². The molecule has 2 fully saturated rings. The minimum absolute atomic E-state index is 0.0121. The summed E-state index contributed by atoms with van der Waals surface area (Å²) in [6, 6.07) is 16.0. The quantitative estimate of drug-likeness (QED) is 0.827. The monoisotopic (exact) mass is 405 g/mol. The Morgan fingerprint density at radius 2 is 1.67 bits per heavy atom. The Morgan fingerprint density at radius 1 is 1.03 bits per heavy atom. The fraction of sp³-hybridized carbons (Fsp3) is 0.348. The van der Waals surface area contributed by atoms with Crippen LogP contribution in [0.1, 0.15) is 17.0 Å². The Kier molecular flexibility index (Phi) is 4.46. The number of ether oxygens (including phenoxy) is 1. The molecule has 2 aromatic rings. The average molecular weight is 405 g/mol. The summed E-state index contributed by atoms with van der Waals surface area (Å²) < 4.78 is 5.70. The van der Waals surface area contributed by atoms with Crippen LogP contribution in [0.2, 0.25) is 0 Å². The minimum atomic E-state index is -0.449. The van der Waals surface area contributed by atoms with E-state index < -0.39 is 12.0 Å². The van der Waals surface area contributed by atoms with E-state index in [2.05, 4.69) is 29.6 Å². The zero-order valence-corrected chi connectivity index (χ0v) is 16.7. The predicted octanol–water partition coefficient (Wildman–Crippen LogP) is 1.82. The number of amides is 3. The number of carbonyl (C=O) groups excluding carboxylic acids is 3. The maximum Gasteiger partial charge on any atom is 0.409 e. The summed E-state index contributed by atoms with van der Waals surface area (Å²) in [6.07, 6.45) is -0.449. The van der Waals surface area contributed by atoms with Gasteiger partial charge in [-0.05, 0) is 22.3 Å². The second-order valence-corrected chi connectivity index (χ2v) is 8.18. The molecule has 2 aliphatic heterocycles. The summed E-state index contributed by atoms with van der Waals surface area (Å²) in [5, 5.41) is 2.86. The summed E-state index contributed by atoms with van der Waals surface area (Å²) in [7, 11) is 1.61. The number of likely N-dealkylation sites (tertiary alicyclic amines) is 1. The molecule has 0 spiro atoms. The van der Waals surface area contributed by atoms with E-state index in [0.29, 0.717) is 0 Å². The average Bonchev–Trinajstić information content (AvgIpc) is 3.28. The van der Waals surface area contributed by atoms with Gasteiger partial charge in [0.05, 0.1) is 18.5 Å². The summed E-state index contributed by atoms with van der Waals surface area (Å²) in [6.45, 7) is 0.827. The largest absolute Gasteiger partial charge is 0.448 e. The van der Waals surface area contributed by atoms with Crippen LogP contribution in [-0.2, 0) is 14.3 Å². The van der Waals surface area contributed by atoms with E-state index >= 15 is 0 Å². The lowest BCUT2D eigenvalue weighted by molar-refractivity contribution is -0.135. The van der Waals surface area contributed by atoms with Crippen molar-refractivity contribution in [2.45, 2.75) is 12.0 Å². The summed E-state index contributed by atoms with van der Waals surface area (Å²) in [5.41, 5.74) is 4.66. The highest BCUT2D eigenvalue weighted by Gasteiger charge is 2.44. The maximum absolute atomic E-state index is 12.8. The van der Waals surface area contributed by atoms with Crippen LogP contribution in [0, 0.1) is 5.92 Å². The molecule has 7 heteroatoms. The first-order valence-electron chi connectivity index (χ1n) is 10.2. The van der Waals surface area contributed by atoms with Gasteiger partial charge in [-0.2, -0.15) is 0 Å². The lowest BCUT2D eigenvalue weighted by atomic mass is 9.98. The molecule has 154 valence electrons. The molecule has 2 saturated heterocycles. The van der Waals surface area contributed by atoms with Gasteiger partial charge in [0.2, 0.25) is 11.8 Å². The molecule has 3 aliphatic rings. The van der Waals surface area contributed by atoms with Crippen LogP contribution in [-0.4, -0.2) is 67.0 Å². The molecule has 2 atom stereocenters. The van der Waals surface area contributed by atoms with E-state index in [0.717, 1.165) is 11.1 Å². The van der Waals surface area contributed by atoms with Crippen molar-refractivity contribution in [1.82, 2.24) is 15.1 Å². The lowest BCUT2D eigenvalue weighted by Crippen LogP contribution is -2.41. The maximum atomic E-state index is 12.8. The number of hydrogen-bond acceptors (Lipinski definition) is 4. The van der Waals surface area contributed by atoms with Crippen LogP contribution in [0.5, 0.6) is 0 Å². The number of nitrogens with one attached hydrogen (secondary N) is 1. The molecule has 0 aromatic heterocycles. The van der Waals surface area contributed by atoms with Gasteiger partial charge in [-0.15, -0.1) is 0 Å². The van der Waals surface area contributed by atoms with E-state index in [-0.39, 0.29) is 50.0 Å². The molecule has 2 aromatic carbocycles. The fourth-order valence-corrected chi connectivity index (χ4v) is 4.86. The van der Waals surface area contributed by atoms with E-state index in [4.69, 9.17) is 4.74 Å². The molecule has 30 heavy (non-hydrogen) atoms. The number of fused-ring (bicyclic) bond motifs is 4. The third kappa shape index (κ3) is 3.01. The zero-order valence-electron chi connectivity index (χ0n) is 16.7. The topological polar surface area (TPSA) is 79.0 Å². The molecule has 1 aliphatic carbocycles. The van der Waals surface area contributed by atoms with Crippen LogP contribution in [0.4, 0.5) is 4.79 Å². The second kappa shape index (κ2) is 7.16. The third-order valence-corrected chi connectivity index (χ3v) is 6.33. The molecule has 0 saturated carbocycles. The first-order chi connectivity index (χ1) is 14.5. The highest BCUT2D eigenvalue weighted by molar-refractivity contribution is 5.90. The van der Waals surface area contributed by atoms with Crippen molar-refractivity contribution in [1.29, 1.82) is 0 Å². The highest BCUT2D eigenvalue weighted by atomic mass is 16.6. The molecule has 0 unspecified atom stereocenters. The number of benzene rings is 2. The Hall–Kier alpha value is -3.35. The standard InChI is InChI=1S/C23H23N3O4/c1-25-12-21(27)24-20-11-26(10-18(20)22(25)28)23(29)30-13-19-16-8-4-2-6-14(16)15-7-3-5-9-17(15)19/h2-9,18-20H,10-13H2,1H3,(H,24,27)/t18-,20-/m1/s1. The van der Waals surface area contributed by atoms with Gasteiger partial charge in [0.1, 0.15) is 6.61 Å². The van der Waals surface area contributed by atoms with Crippen LogP contribution in [0.15, 0.2) is 48.5 Å². The number of rotatable bonds is 2. The SMILES string of the molecule is CN1CC(=O)N[C@@H]2CN(C(=O)OCC3c4ccccc4-c4ccccc43)C[C@H]2C1=O. The third-order valence-electron chi connectivity index (χ3n) is 6.33. The van der Waals surface area contributed by atoms with E-state index in [1.54, 1.807) is 7.05 Å². The van der Waals surface area contributed by atoms with Crippen molar-refractivity contribution in [3.8, 4) is 11.1 Å². The van der Waals surface area contributed by atoms with Crippen LogP contribution in [0.25, 0.3) is 11.1 Å². The molecular weight excluding hydrogens is 382 g/mol. The van der Waals surface area contributed by atoms with E-state index in [9.17, 15) is 14.4 Å². The molecule has 1 N–H and O–H groups in total. The van der Waals surface area contributed by atoms with Crippen molar-refractivity contribution in [3.63, 3.8) is 0 Å². The Balaban J connectivity index is 1.30. The van der Waals surface area contributed by atoms with Gasteiger partial charge in [0.25, 0.3) is 0 Å². The molecule has 5 rings (SSSR count). The van der Waals surface area contributed by atoms with Crippen molar-refractivity contribution < 1.29 is 19.1 Å². The predicted molar refractivity (Wildman–Crippen MR) is 110 cm³/mol. The number of nitrogens with zero attached hydrogens (tertiary/aromatic N) is 2. The number of hydrogen-bond donors (Lipinski definition) is 1. The molecule has 7 nitrogen and oxygen atoms in total. The molecule has 0 radical (unpaired) electrons. The van der Waals surface area contributed by atoms with Gasteiger partial charge in [0, 0.05) is 26.1 Å². The highest BCUT2D eigenvalue weighted by Crippen LogP contribution is 2.44. The van der Waals surface area contributed by atoms with Crippen molar-refractivity contribution >= 4 is 17.9 Å². The Bertz CT molecular complexity index is 991. The Labute approximate surface area is 174 Å². The van der Waals surface area contributed by atoms with E-state index in [1.165, 1.54) is 20.9 Å². The number of likely N-dealkylation sites (N-methyl/N-ethyl adjacent to an activating group) is 1. The smallest absolute Gasteiger partial charge is 0.409 e. The molecule has 2 heterocycles.